The van der Waals surface area contributed by atoms with Gasteiger partial charge in [-0.15, -0.1) is 12.4 Å². The summed E-state index contributed by atoms with van der Waals surface area (Å²) in [5.74, 6) is -0.434. The quantitative estimate of drug-likeness (QED) is 0.616. The van der Waals surface area contributed by atoms with Gasteiger partial charge in [-0.3, -0.25) is 9.69 Å². The van der Waals surface area contributed by atoms with Crippen LogP contribution in [-0.4, -0.2) is 42.2 Å². The van der Waals surface area contributed by atoms with Gasteiger partial charge < -0.3 is 14.6 Å². The number of halogens is 5. The molecule has 3 rings (SSSR count). The van der Waals surface area contributed by atoms with Crippen LogP contribution >= 0.6 is 24.0 Å². The van der Waals surface area contributed by atoms with Crippen LogP contribution in [0.1, 0.15) is 23.7 Å². The van der Waals surface area contributed by atoms with Gasteiger partial charge in [0, 0.05) is 19.6 Å². The molecule has 1 unspecified atom stereocenters. The Morgan fingerprint density at radius 1 is 1.20 bits per heavy atom. The van der Waals surface area contributed by atoms with Gasteiger partial charge in [-0.25, -0.2) is 0 Å². The van der Waals surface area contributed by atoms with E-state index in [4.69, 9.17) is 26.2 Å². The summed E-state index contributed by atoms with van der Waals surface area (Å²) in [6, 6.07) is 10.2. The van der Waals surface area contributed by atoms with E-state index >= 15 is 0 Å². The molecular weight excluding hydrogens is 446 g/mol. The Balaban J connectivity index is 0.00000320. The van der Waals surface area contributed by atoms with Crippen LogP contribution in [0.15, 0.2) is 42.5 Å². The summed E-state index contributed by atoms with van der Waals surface area (Å²) >= 11 is 5.62. The Kier molecular flexibility index (Phi) is 8.37. The lowest BCUT2D eigenvalue weighted by Gasteiger charge is -2.32. The predicted octanol–water partition coefficient (Wildman–Crippen LogP) is 5.42. The number of hydrogen-bond donors (Lipinski definition) is 1. The molecule has 0 radical (unpaired) electrons. The summed E-state index contributed by atoms with van der Waals surface area (Å²) in [5, 5.41) is 8.43. The topological polar surface area (TPSA) is 59.0 Å². The van der Waals surface area contributed by atoms with E-state index in [2.05, 4.69) is 0 Å². The number of benzene rings is 2. The van der Waals surface area contributed by atoms with Crippen molar-refractivity contribution in [1.82, 2.24) is 4.90 Å². The normalized spacial score (nSPS) is 17.3. The third-order valence-electron chi connectivity index (χ3n) is 4.52. The van der Waals surface area contributed by atoms with Crippen LogP contribution in [0.3, 0.4) is 0 Å². The van der Waals surface area contributed by atoms with Crippen molar-refractivity contribution in [2.75, 3.05) is 26.2 Å². The minimum atomic E-state index is -4.56. The van der Waals surface area contributed by atoms with Crippen molar-refractivity contribution in [3.8, 4) is 11.5 Å². The van der Waals surface area contributed by atoms with Crippen molar-refractivity contribution in [1.29, 1.82) is 0 Å². The van der Waals surface area contributed by atoms with Gasteiger partial charge in [0.1, 0.15) is 11.5 Å². The van der Waals surface area contributed by atoms with Gasteiger partial charge in [-0.1, -0.05) is 23.7 Å². The van der Waals surface area contributed by atoms with E-state index in [1.807, 2.05) is 4.90 Å². The summed E-state index contributed by atoms with van der Waals surface area (Å²) in [7, 11) is 0. The summed E-state index contributed by atoms with van der Waals surface area (Å²) in [6.07, 6.45) is -4.70. The molecular formula is C20H20Cl2F3NO4. The van der Waals surface area contributed by atoms with Crippen molar-refractivity contribution < 1.29 is 32.5 Å². The van der Waals surface area contributed by atoms with Crippen LogP contribution in [0.4, 0.5) is 13.2 Å². The highest BCUT2D eigenvalue weighted by molar-refractivity contribution is 6.31. The zero-order valence-corrected chi connectivity index (χ0v) is 17.3. The van der Waals surface area contributed by atoms with E-state index in [9.17, 15) is 18.0 Å². The van der Waals surface area contributed by atoms with Gasteiger partial charge in [0.15, 0.2) is 0 Å². The van der Waals surface area contributed by atoms with E-state index in [0.717, 1.165) is 17.7 Å². The number of nitrogens with zero attached hydrogens (tertiary/aromatic N) is 1. The fourth-order valence-electron chi connectivity index (χ4n) is 3.03. The van der Waals surface area contributed by atoms with E-state index in [1.54, 1.807) is 24.3 Å². The third kappa shape index (κ3) is 6.50. The van der Waals surface area contributed by atoms with E-state index in [1.165, 1.54) is 6.07 Å². The highest BCUT2D eigenvalue weighted by Gasteiger charge is 2.33. The smallest absolute Gasteiger partial charge is 0.417 e. The predicted molar refractivity (Wildman–Crippen MR) is 108 cm³/mol. The molecule has 0 amide bonds. The minimum Gasteiger partial charge on any atom is -0.481 e. The molecule has 0 bridgehead atoms. The number of carbonyl (C=O) groups is 1. The summed E-state index contributed by atoms with van der Waals surface area (Å²) in [5.41, 5.74) is -0.0743. The Bertz CT molecular complexity index is 862. The number of carboxylic acids is 1. The Morgan fingerprint density at radius 2 is 1.87 bits per heavy atom. The fourth-order valence-corrected chi connectivity index (χ4v) is 3.26. The number of carboxylic acid groups (broad SMARTS) is 1. The Hall–Kier alpha value is -2.00. The Morgan fingerprint density at radius 3 is 2.50 bits per heavy atom. The van der Waals surface area contributed by atoms with E-state index < -0.39 is 17.7 Å². The molecule has 1 fully saturated rings. The van der Waals surface area contributed by atoms with Crippen molar-refractivity contribution >= 4 is 30.0 Å². The highest BCUT2D eigenvalue weighted by atomic mass is 35.5. The first-order valence-corrected chi connectivity index (χ1v) is 9.30. The van der Waals surface area contributed by atoms with Crippen LogP contribution in [0.25, 0.3) is 0 Å². The molecule has 2 aromatic carbocycles. The average molecular weight is 466 g/mol. The molecule has 30 heavy (non-hydrogen) atoms. The molecule has 0 aromatic heterocycles. The molecule has 0 saturated carbocycles. The van der Waals surface area contributed by atoms with Crippen molar-refractivity contribution in [2.24, 2.45) is 0 Å². The maximum absolute atomic E-state index is 13.0. The second kappa shape index (κ2) is 10.3. The Labute approximate surface area is 182 Å². The molecule has 1 aliphatic rings. The lowest BCUT2D eigenvalue weighted by Crippen LogP contribution is -2.39. The van der Waals surface area contributed by atoms with Gasteiger partial charge in [0.2, 0.25) is 0 Å². The van der Waals surface area contributed by atoms with Crippen molar-refractivity contribution in [3.05, 3.63) is 58.6 Å². The SMILES string of the molecule is Cl.O=C(O)CCN1CCOC(c2ccc(Oc3ccc(Cl)c(C(F)(F)F)c3)cc2)C1. The monoisotopic (exact) mass is 465 g/mol. The van der Waals surface area contributed by atoms with Gasteiger partial charge in [0.25, 0.3) is 0 Å². The summed E-state index contributed by atoms with van der Waals surface area (Å²) < 4.78 is 50.2. The molecule has 1 aliphatic heterocycles. The number of alkyl halides is 3. The minimum absolute atomic E-state index is 0. The molecule has 2 aromatic rings. The maximum Gasteiger partial charge on any atom is 0.417 e. The third-order valence-corrected chi connectivity index (χ3v) is 4.85. The lowest BCUT2D eigenvalue weighted by molar-refractivity contribution is -0.138. The largest absolute Gasteiger partial charge is 0.481 e. The van der Waals surface area contributed by atoms with Gasteiger partial charge in [-0.2, -0.15) is 13.2 Å². The fraction of sp³-hybridized carbons (Fsp3) is 0.350. The first-order chi connectivity index (χ1) is 13.7. The van der Waals surface area contributed by atoms with Crippen molar-refractivity contribution in [2.45, 2.75) is 18.7 Å². The molecule has 1 saturated heterocycles. The van der Waals surface area contributed by atoms with Gasteiger partial charge in [0.05, 0.1) is 29.7 Å². The van der Waals surface area contributed by atoms with E-state index in [-0.39, 0.29) is 35.7 Å². The van der Waals surface area contributed by atoms with Gasteiger partial charge in [-0.05, 0) is 35.9 Å². The summed E-state index contributed by atoms with van der Waals surface area (Å²) in [4.78, 5) is 12.8. The second-order valence-corrected chi connectivity index (χ2v) is 7.02. The van der Waals surface area contributed by atoms with Gasteiger partial charge >= 0.3 is 12.1 Å². The molecule has 5 nitrogen and oxygen atoms in total. The van der Waals surface area contributed by atoms with Crippen LogP contribution in [0.5, 0.6) is 11.5 Å². The lowest BCUT2D eigenvalue weighted by atomic mass is 10.1. The number of aliphatic carboxylic acids is 1. The maximum atomic E-state index is 13.0. The highest BCUT2D eigenvalue weighted by Crippen LogP contribution is 2.37. The zero-order chi connectivity index (χ0) is 21.0. The van der Waals surface area contributed by atoms with Crippen LogP contribution in [0, 0.1) is 0 Å². The van der Waals surface area contributed by atoms with Crippen LogP contribution in [0.2, 0.25) is 5.02 Å². The van der Waals surface area contributed by atoms with Crippen LogP contribution in [-0.2, 0) is 15.7 Å². The molecule has 0 spiro atoms. The average Bonchev–Trinajstić information content (AvgIpc) is 2.68. The zero-order valence-electron chi connectivity index (χ0n) is 15.7. The molecule has 1 atom stereocenters. The first-order valence-electron chi connectivity index (χ1n) is 8.92. The van der Waals surface area contributed by atoms with E-state index in [0.29, 0.717) is 32.0 Å². The second-order valence-electron chi connectivity index (χ2n) is 6.61. The molecule has 1 N–H and O–H groups in total. The number of ether oxygens (including phenoxy) is 2. The molecule has 0 aliphatic carbocycles. The molecule has 10 heteroatoms. The molecule has 164 valence electrons. The number of hydrogen-bond acceptors (Lipinski definition) is 4. The molecule has 1 heterocycles. The number of rotatable bonds is 6. The first kappa shape index (κ1) is 24.3. The standard InChI is InChI=1S/C20H19ClF3NO4.ClH/c21-17-6-5-15(11-16(17)20(22,23)24)29-14-3-1-13(2-4-14)18-12-25(9-10-28-18)8-7-19(26)27;/h1-6,11,18H,7-10,12H2,(H,26,27);1H. The van der Waals surface area contributed by atoms with Crippen LogP contribution < -0.4 is 4.74 Å². The van der Waals surface area contributed by atoms with Crippen molar-refractivity contribution in [3.63, 3.8) is 0 Å². The number of morpholine rings is 1. The summed E-state index contributed by atoms with van der Waals surface area (Å²) in [6.45, 7) is 2.19.